The van der Waals surface area contributed by atoms with Crippen molar-refractivity contribution in [2.75, 3.05) is 0 Å². The van der Waals surface area contributed by atoms with Gasteiger partial charge in [-0.2, -0.15) is 23.5 Å². The first kappa shape index (κ1) is 20.1. The molecule has 1 heterocycles. The van der Waals surface area contributed by atoms with Gasteiger partial charge in [0.05, 0.1) is 29.7 Å². The molecule has 3 rings (SSSR count). The summed E-state index contributed by atoms with van der Waals surface area (Å²) in [7, 11) is 0. The smallest absolute Gasteiger partial charge is 0.313 e. The summed E-state index contributed by atoms with van der Waals surface area (Å²) in [6, 6.07) is 13.5. The van der Waals surface area contributed by atoms with Gasteiger partial charge < -0.3 is 4.84 Å². The summed E-state index contributed by atoms with van der Waals surface area (Å²) in [5, 5.41) is 16.1. The van der Waals surface area contributed by atoms with Crippen LogP contribution in [0.4, 0.5) is 13.2 Å². The Bertz CT molecular complexity index is 1100. The first-order valence-electron chi connectivity index (χ1n) is 7.95. The van der Waals surface area contributed by atoms with E-state index in [4.69, 9.17) is 16.9 Å². The lowest BCUT2D eigenvalue weighted by Crippen LogP contribution is -2.18. The highest BCUT2D eigenvalue weighted by Crippen LogP contribution is 2.34. The van der Waals surface area contributed by atoms with E-state index in [-0.39, 0.29) is 5.69 Å². The Balaban J connectivity index is 1.85. The zero-order chi connectivity index (χ0) is 21.0. The quantitative estimate of drug-likeness (QED) is 0.352. The average Bonchev–Trinajstić information content (AvgIpc) is 3.15. The Morgan fingerprint density at radius 3 is 2.41 bits per heavy atom. The molecule has 0 aliphatic carbocycles. The summed E-state index contributed by atoms with van der Waals surface area (Å²) in [5.41, 5.74) is -1.10. The van der Waals surface area contributed by atoms with Gasteiger partial charge in [0.2, 0.25) is 0 Å². The molecule has 0 unspecified atom stereocenters. The minimum atomic E-state index is -4.87. The monoisotopic (exact) mass is 418 g/mol. The van der Waals surface area contributed by atoms with Crippen LogP contribution in [0.2, 0.25) is 5.02 Å². The second kappa shape index (κ2) is 8.16. The fraction of sp³-hybridized carbons (Fsp3) is 0.0526. The number of nitriles is 1. The van der Waals surface area contributed by atoms with Gasteiger partial charge in [-0.05, 0) is 42.0 Å². The average molecular weight is 419 g/mol. The number of carbonyl (C=O) groups excluding carboxylic acids is 1. The van der Waals surface area contributed by atoms with Crippen LogP contribution in [-0.2, 0) is 11.0 Å². The Morgan fingerprint density at radius 1 is 1.17 bits per heavy atom. The molecule has 0 radical (unpaired) electrons. The topological polar surface area (TPSA) is 80.3 Å². The number of aromatic nitrogens is 2. The van der Waals surface area contributed by atoms with E-state index >= 15 is 0 Å². The van der Waals surface area contributed by atoms with Crippen LogP contribution in [0.1, 0.15) is 27.2 Å². The fourth-order valence-corrected chi connectivity index (χ4v) is 2.50. The molecule has 2 aromatic carbocycles. The van der Waals surface area contributed by atoms with Crippen molar-refractivity contribution in [3.63, 3.8) is 0 Å². The SMILES string of the molecule is N#Cc1ccc(C=NOC(=O)c2cnn(-c3ccc(Cl)cc3)c2C(F)(F)F)cc1. The van der Waals surface area contributed by atoms with Crippen LogP contribution in [0, 0.1) is 11.3 Å². The van der Waals surface area contributed by atoms with Gasteiger partial charge in [0, 0.05) is 5.02 Å². The van der Waals surface area contributed by atoms with Crippen LogP contribution < -0.4 is 0 Å². The molecule has 0 aliphatic heterocycles. The second-order valence-corrected chi connectivity index (χ2v) is 6.08. The summed E-state index contributed by atoms with van der Waals surface area (Å²) >= 11 is 5.75. The first-order chi connectivity index (χ1) is 13.8. The van der Waals surface area contributed by atoms with Crippen LogP contribution in [0.15, 0.2) is 59.9 Å². The van der Waals surface area contributed by atoms with Crippen LogP contribution in [-0.4, -0.2) is 22.0 Å². The molecular formula is C19H10ClF3N4O2. The normalized spacial score (nSPS) is 11.4. The Labute approximate surface area is 167 Å². The van der Waals surface area contributed by atoms with E-state index in [2.05, 4.69) is 15.1 Å². The molecule has 0 amide bonds. The van der Waals surface area contributed by atoms with Crippen molar-refractivity contribution >= 4 is 23.8 Å². The molecule has 10 heteroatoms. The van der Waals surface area contributed by atoms with Crippen LogP contribution in [0.3, 0.4) is 0 Å². The lowest BCUT2D eigenvalue weighted by Gasteiger charge is -2.11. The standard InChI is InChI=1S/C19H10ClF3N4O2/c20-14-5-7-15(8-6-14)27-17(19(21,22)23)16(11-25-27)18(28)29-26-10-13-3-1-12(9-24)2-4-13/h1-8,10-11H. The predicted molar refractivity (Wildman–Crippen MR) is 97.7 cm³/mol. The van der Waals surface area contributed by atoms with Gasteiger partial charge >= 0.3 is 12.1 Å². The van der Waals surface area contributed by atoms with E-state index < -0.39 is 23.4 Å². The maximum absolute atomic E-state index is 13.6. The summed E-state index contributed by atoms with van der Waals surface area (Å²) in [4.78, 5) is 16.7. The predicted octanol–water partition coefficient (Wildman–Crippen LogP) is 4.61. The summed E-state index contributed by atoms with van der Waals surface area (Å²) in [6.45, 7) is 0. The van der Waals surface area contributed by atoms with Crippen molar-refractivity contribution in [3.8, 4) is 11.8 Å². The minimum absolute atomic E-state index is 0.0712. The van der Waals surface area contributed by atoms with E-state index in [1.165, 1.54) is 48.5 Å². The maximum atomic E-state index is 13.6. The van der Waals surface area contributed by atoms with Crippen molar-refractivity contribution in [1.29, 1.82) is 5.26 Å². The van der Waals surface area contributed by atoms with Crippen LogP contribution in [0.25, 0.3) is 5.69 Å². The molecule has 1 aromatic heterocycles. The maximum Gasteiger partial charge on any atom is 0.434 e. The van der Waals surface area contributed by atoms with Crippen molar-refractivity contribution in [2.45, 2.75) is 6.18 Å². The van der Waals surface area contributed by atoms with Crippen molar-refractivity contribution in [3.05, 3.63) is 82.1 Å². The van der Waals surface area contributed by atoms with Gasteiger partial charge in [0.25, 0.3) is 0 Å². The molecule has 0 spiro atoms. The van der Waals surface area contributed by atoms with Crippen molar-refractivity contribution in [2.24, 2.45) is 5.16 Å². The number of nitrogens with zero attached hydrogens (tertiary/aromatic N) is 4. The van der Waals surface area contributed by atoms with Crippen molar-refractivity contribution < 1.29 is 22.8 Å². The Hall–Kier alpha value is -3.64. The van der Waals surface area contributed by atoms with E-state index in [9.17, 15) is 18.0 Å². The number of hydrogen-bond donors (Lipinski definition) is 0. The van der Waals surface area contributed by atoms with Gasteiger partial charge in [-0.3, -0.25) is 0 Å². The number of carbonyl (C=O) groups is 1. The van der Waals surface area contributed by atoms with Gasteiger partial charge in [-0.15, -0.1) is 0 Å². The highest BCUT2D eigenvalue weighted by Gasteiger charge is 2.41. The third-order valence-corrected chi connectivity index (χ3v) is 3.96. The molecule has 0 atom stereocenters. The number of hydrogen-bond acceptors (Lipinski definition) is 5. The number of halogens is 4. The van der Waals surface area contributed by atoms with Gasteiger partial charge in [-0.25, -0.2) is 9.48 Å². The molecular weight excluding hydrogens is 409 g/mol. The lowest BCUT2D eigenvalue weighted by molar-refractivity contribution is -0.143. The van der Waals surface area contributed by atoms with E-state index in [0.717, 1.165) is 12.4 Å². The van der Waals surface area contributed by atoms with Crippen LogP contribution >= 0.6 is 11.6 Å². The van der Waals surface area contributed by atoms with Crippen molar-refractivity contribution in [1.82, 2.24) is 9.78 Å². The van der Waals surface area contributed by atoms with Gasteiger partial charge in [0.15, 0.2) is 5.69 Å². The highest BCUT2D eigenvalue weighted by molar-refractivity contribution is 6.30. The third-order valence-electron chi connectivity index (χ3n) is 3.71. The molecule has 3 aromatic rings. The molecule has 0 fully saturated rings. The number of rotatable bonds is 4. The molecule has 146 valence electrons. The highest BCUT2D eigenvalue weighted by atomic mass is 35.5. The summed E-state index contributed by atoms with van der Waals surface area (Å²) in [6.07, 6.45) is -2.98. The summed E-state index contributed by atoms with van der Waals surface area (Å²) in [5.74, 6) is -1.32. The molecule has 0 N–H and O–H groups in total. The molecule has 0 bridgehead atoms. The molecule has 0 saturated heterocycles. The number of alkyl halides is 3. The van der Waals surface area contributed by atoms with Gasteiger partial charge in [-0.1, -0.05) is 28.9 Å². The first-order valence-corrected chi connectivity index (χ1v) is 8.33. The number of benzene rings is 2. The Kier molecular flexibility index (Phi) is 5.66. The lowest BCUT2D eigenvalue weighted by atomic mass is 10.2. The van der Waals surface area contributed by atoms with Crippen LogP contribution in [0.5, 0.6) is 0 Å². The second-order valence-electron chi connectivity index (χ2n) is 5.64. The fourth-order valence-electron chi connectivity index (χ4n) is 2.38. The van der Waals surface area contributed by atoms with Gasteiger partial charge in [0.1, 0.15) is 5.56 Å². The number of oxime groups is 1. The largest absolute Gasteiger partial charge is 0.434 e. The summed E-state index contributed by atoms with van der Waals surface area (Å²) < 4.78 is 41.3. The molecule has 0 saturated carbocycles. The minimum Gasteiger partial charge on any atom is -0.313 e. The molecule has 6 nitrogen and oxygen atoms in total. The molecule has 0 aliphatic rings. The zero-order valence-electron chi connectivity index (χ0n) is 14.4. The van der Waals surface area contributed by atoms with E-state index in [1.54, 1.807) is 0 Å². The van der Waals surface area contributed by atoms with E-state index in [0.29, 0.717) is 20.8 Å². The molecule has 29 heavy (non-hydrogen) atoms. The Morgan fingerprint density at radius 2 is 1.83 bits per heavy atom. The third kappa shape index (κ3) is 4.62. The van der Waals surface area contributed by atoms with E-state index in [1.807, 2.05) is 6.07 Å². The zero-order valence-corrected chi connectivity index (χ0v) is 15.1.